The number of rotatable bonds is 7. The summed E-state index contributed by atoms with van der Waals surface area (Å²) in [6.07, 6.45) is 0. The first-order chi connectivity index (χ1) is 14.2. The van der Waals surface area contributed by atoms with Gasteiger partial charge in [-0.25, -0.2) is 8.42 Å². The van der Waals surface area contributed by atoms with Crippen molar-refractivity contribution in [2.75, 3.05) is 11.9 Å². The highest BCUT2D eigenvalue weighted by Crippen LogP contribution is 2.22. The molecule has 0 aliphatic heterocycles. The van der Waals surface area contributed by atoms with E-state index in [9.17, 15) is 13.2 Å². The second-order valence-electron chi connectivity index (χ2n) is 6.77. The SMILES string of the molecule is Cc1cccc(NC(=O)CN(Cc2ccc(Br)cc2)S(=O)(=O)c2ccc(Cl)cc2)c1. The fourth-order valence-electron chi connectivity index (χ4n) is 2.86. The zero-order chi connectivity index (χ0) is 21.7. The van der Waals surface area contributed by atoms with Crippen LogP contribution < -0.4 is 5.32 Å². The molecule has 0 spiro atoms. The molecule has 0 heterocycles. The number of hydrogen-bond donors (Lipinski definition) is 1. The third kappa shape index (κ3) is 5.92. The van der Waals surface area contributed by atoms with Crippen LogP contribution in [0.4, 0.5) is 5.69 Å². The molecule has 5 nitrogen and oxygen atoms in total. The largest absolute Gasteiger partial charge is 0.325 e. The summed E-state index contributed by atoms with van der Waals surface area (Å²) in [5.74, 6) is -0.421. The zero-order valence-electron chi connectivity index (χ0n) is 16.2. The van der Waals surface area contributed by atoms with Crippen LogP contribution in [-0.4, -0.2) is 25.2 Å². The normalized spacial score (nSPS) is 11.5. The molecule has 0 aromatic heterocycles. The molecule has 3 aromatic carbocycles. The van der Waals surface area contributed by atoms with E-state index in [0.29, 0.717) is 10.7 Å². The van der Waals surface area contributed by atoms with Crippen LogP contribution in [0, 0.1) is 6.92 Å². The lowest BCUT2D eigenvalue weighted by Gasteiger charge is -2.22. The quantitative estimate of drug-likeness (QED) is 0.475. The highest BCUT2D eigenvalue weighted by Gasteiger charge is 2.27. The third-order valence-corrected chi connectivity index (χ3v) is 6.93. The molecule has 30 heavy (non-hydrogen) atoms. The van der Waals surface area contributed by atoms with E-state index in [4.69, 9.17) is 11.6 Å². The molecule has 0 radical (unpaired) electrons. The minimum atomic E-state index is -3.92. The summed E-state index contributed by atoms with van der Waals surface area (Å²) in [5, 5.41) is 3.20. The Morgan fingerprint density at radius 3 is 2.33 bits per heavy atom. The minimum absolute atomic E-state index is 0.0550. The molecule has 1 amide bonds. The Bertz CT molecular complexity index is 1130. The number of halogens is 2. The molecule has 0 bridgehead atoms. The van der Waals surface area contributed by atoms with Gasteiger partial charge in [-0.1, -0.05) is 51.8 Å². The maximum Gasteiger partial charge on any atom is 0.243 e. The van der Waals surface area contributed by atoms with Gasteiger partial charge in [-0.3, -0.25) is 4.79 Å². The van der Waals surface area contributed by atoms with Crippen LogP contribution in [-0.2, 0) is 21.4 Å². The van der Waals surface area contributed by atoms with Crippen molar-refractivity contribution < 1.29 is 13.2 Å². The van der Waals surface area contributed by atoms with Crippen LogP contribution in [0.5, 0.6) is 0 Å². The molecule has 0 aliphatic carbocycles. The summed E-state index contributed by atoms with van der Waals surface area (Å²) in [4.78, 5) is 12.7. The second kappa shape index (κ2) is 9.75. The van der Waals surface area contributed by atoms with Crippen LogP contribution in [0.2, 0.25) is 5.02 Å². The molecular formula is C22H20BrClN2O3S. The van der Waals surface area contributed by atoms with Crippen molar-refractivity contribution in [3.63, 3.8) is 0 Å². The number of nitrogens with zero attached hydrogens (tertiary/aromatic N) is 1. The Kier molecular flexibility index (Phi) is 7.31. The van der Waals surface area contributed by atoms with E-state index in [0.717, 1.165) is 19.9 Å². The second-order valence-corrected chi connectivity index (χ2v) is 10.1. The highest BCUT2D eigenvalue weighted by atomic mass is 79.9. The predicted molar refractivity (Wildman–Crippen MR) is 123 cm³/mol. The number of aryl methyl sites for hydroxylation is 1. The molecule has 3 rings (SSSR count). The Morgan fingerprint density at radius 2 is 1.70 bits per heavy atom. The van der Waals surface area contributed by atoms with Crippen LogP contribution >= 0.6 is 27.5 Å². The first-order valence-electron chi connectivity index (χ1n) is 9.11. The van der Waals surface area contributed by atoms with E-state index in [-0.39, 0.29) is 18.0 Å². The Hall–Kier alpha value is -2.19. The van der Waals surface area contributed by atoms with Gasteiger partial charge >= 0.3 is 0 Å². The third-order valence-electron chi connectivity index (χ3n) is 4.35. The van der Waals surface area contributed by atoms with Gasteiger partial charge in [0.15, 0.2) is 0 Å². The van der Waals surface area contributed by atoms with Gasteiger partial charge in [0, 0.05) is 21.7 Å². The van der Waals surface area contributed by atoms with Gasteiger partial charge in [0.2, 0.25) is 15.9 Å². The Balaban J connectivity index is 1.87. The maximum absolute atomic E-state index is 13.3. The average molecular weight is 508 g/mol. The number of benzene rings is 3. The molecule has 156 valence electrons. The zero-order valence-corrected chi connectivity index (χ0v) is 19.3. The van der Waals surface area contributed by atoms with Crippen molar-refractivity contribution in [3.8, 4) is 0 Å². The summed E-state index contributed by atoms with van der Waals surface area (Å²) in [7, 11) is -3.92. The summed E-state index contributed by atoms with van der Waals surface area (Å²) in [5.41, 5.74) is 2.37. The first kappa shape index (κ1) is 22.5. The van der Waals surface area contributed by atoms with Gasteiger partial charge in [-0.05, 0) is 66.6 Å². The standard InChI is InChI=1S/C22H20BrClN2O3S/c1-16-3-2-4-20(13-16)25-22(27)15-26(14-17-5-7-18(23)8-6-17)30(28,29)21-11-9-19(24)10-12-21/h2-13H,14-15H2,1H3,(H,25,27). The monoisotopic (exact) mass is 506 g/mol. The van der Waals surface area contributed by atoms with Crippen molar-refractivity contribution in [2.45, 2.75) is 18.4 Å². The van der Waals surface area contributed by atoms with Crippen molar-refractivity contribution in [2.24, 2.45) is 0 Å². The molecular weight excluding hydrogens is 488 g/mol. The number of hydrogen-bond acceptors (Lipinski definition) is 3. The number of nitrogens with one attached hydrogen (secondary N) is 1. The van der Waals surface area contributed by atoms with Gasteiger partial charge < -0.3 is 5.32 Å². The van der Waals surface area contributed by atoms with E-state index >= 15 is 0 Å². The molecule has 1 N–H and O–H groups in total. The van der Waals surface area contributed by atoms with Crippen molar-refractivity contribution in [1.29, 1.82) is 0 Å². The topological polar surface area (TPSA) is 66.5 Å². The molecule has 0 fully saturated rings. The highest BCUT2D eigenvalue weighted by molar-refractivity contribution is 9.10. The van der Waals surface area contributed by atoms with E-state index < -0.39 is 15.9 Å². The van der Waals surface area contributed by atoms with Crippen molar-refractivity contribution in [1.82, 2.24) is 4.31 Å². The van der Waals surface area contributed by atoms with Gasteiger partial charge in [0.05, 0.1) is 11.4 Å². The predicted octanol–water partition coefficient (Wildman–Crippen LogP) is 5.24. The number of carbonyl (C=O) groups excluding carboxylic acids is 1. The van der Waals surface area contributed by atoms with Gasteiger partial charge in [0.1, 0.15) is 0 Å². The fourth-order valence-corrected chi connectivity index (χ4v) is 4.63. The van der Waals surface area contributed by atoms with Crippen LogP contribution in [0.15, 0.2) is 82.2 Å². The molecule has 0 atom stereocenters. The van der Waals surface area contributed by atoms with Crippen LogP contribution in [0.3, 0.4) is 0 Å². The first-order valence-corrected chi connectivity index (χ1v) is 11.7. The summed E-state index contributed by atoms with van der Waals surface area (Å²) in [6.45, 7) is 1.65. The van der Waals surface area contributed by atoms with E-state index in [2.05, 4.69) is 21.2 Å². The van der Waals surface area contributed by atoms with E-state index in [1.54, 1.807) is 6.07 Å². The van der Waals surface area contributed by atoms with Gasteiger partial charge in [-0.2, -0.15) is 4.31 Å². The minimum Gasteiger partial charge on any atom is -0.325 e. The lowest BCUT2D eigenvalue weighted by Crippen LogP contribution is -2.37. The summed E-state index contributed by atoms with van der Waals surface area (Å²) < 4.78 is 28.5. The van der Waals surface area contributed by atoms with Crippen LogP contribution in [0.25, 0.3) is 0 Å². The number of amides is 1. The smallest absolute Gasteiger partial charge is 0.243 e. The Morgan fingerprint density at radius 1 is 1.03 bits per heavy atom. The molecule has 0 unspecified atom stereocenters. The molecule has 3 aromatic rings. The van der Waals surface area contributed by atoms with Crippen LogP contribution in [0.1, 0.15) is 11.1 Å². The molecule has 8 heteroatoms. The van der Waals surface area contributed by atoms with Gasteiger partial charge in [0.25, 0.3) is 0 Å². The van der Waals surface area contributed by atoms with E-state index in [1.807, 2.05) is 49.4 Å². The summed E-state index contributed by atoms with van der Waals surface area (Å²) >= 11 is 9.27. The summed E-state index contributed by atoms with van der Waals surface area (Å²) in [6, 6.07) is 20.5. The Labute approximate surface area is 189 Å². The lowest BCUT2D eigenvalue weighted by atomic mass is 10.2. The van der Waals surface area contributed by atoms with E-state index in [1.165, 1.54) is 24.3 Å². The van der Waals surface area contributed by atoms with Gasteiger partial charge in [-0.15, -0.1) is 0 Å². The lowest BCUT2D eigenvalue weighted by molar-refractivity contribution is -0.116. The number of anilines is 1. The number of carbonyl (C=O) groups is 1. The molecule has 0 aliphatic rings. The maximum atomic E-state index is 13.3. The number of sulfonamides is 1. The average Bonchev–Trinajstić information content (AvgIpc) is 2.69. The molecule has 0 saturated carbocycles. The fraction of sp³-hybridized carbons (Fsp3) is 0.136. The van der Waals surface area contributed by atoms with Crippen molar-refractivity contribution >= 4 is 49.1 Å². The molecule has 0 saturated heterocycles. The van der Waals surface area contributed by atoms with Crippen molar-refractivity contribution in [3.05, 3.63) is 93.4 Å².